The number of nitrogens with zero attached hydrogens (tertiary/aromatic N) is 2. The number of likely N-dealkylation sites (tertiary alicyclic amines) is 2. The Morgan fingerprint density at radius 1 is 0.512 bits per heavy atom. The molecule has 3 nitrogen and oxygen atoms in total. The van der Waals surface area contributed by atoms with Crippen LogP contribution in [0, 0.1) is 0 Å². The van der Waals surface area contributed by atoms with Crippen LogP contribution in [0.4, 0.5) is 0 Å². The molecule has 0 amide bonds. The highest BCUT2D eigenvalue weighted by Gasteiger charge is 2.58. The Balaban J connectivity index is 1.72. The fourth-order valence-electron chi connectivity index (χ4n) is 7.60. The molecule has 3 heteroatoms. The molecule has 0 radical (unpaired) electrons. The molecular formula is C38H42N2O+2. The van der Waals surface area contributed by atoms with Crippen LogP contribution >= 0.6 is 0 Å². The summed E-state index contributed by atoms with van der Waals surface area (Å²) in [6.45, 7) is 2.73. The van der Waals surface area contributed by atoms with E-state index < -0.39 is 5.41 Å². The Kier molecular flexibility index (Phi) is 6.84. The molecule has 0 saturated carbocycles. The normalized spacial score (nSPS) is 22.7. The van der Waals surface area contributed by atoms with E-state index in [9.17, 15) is 0 Å². The van der Waals surface area contributed by atoms with E-state index in [1.54, 1.807) is 0 Å². The molecular weight excluding hydrogens is 500 g/mol. The number of rotatable bonds is 4. The van der Waals surface area contributed by atoms with E-state index in [0.29, 0.717) is 4.48 Å². The topological polar surface area (TPSA) is 17.1 Å². The van der Waals surface area contributed by atoms with Crippen molar-refractivity contribution in [1.29, 1.82) is 0 Å². The van der Waals surface area contributed by atoms with Gasteiger partial charge in [-0.25, -0.2) is 0 Å². The van der Waals surface area contributed by atoms with Gasteiger partial charge in [0.15, 0.2) is 5.70 Å². The Hall–Kier alpha value is -3.79. The standard InChI is InChI=1S/C38H42N2O/c1-39(2)27-25-37(30-17-9-5-10-18-30,31-19-11-6-12-20-31)34(29-39)35-36(41)38(26-28-40(35,3)4,32-21-13-7-14-22-32)33-23-15-8-16-24-33/h5-24H,25-29H2,1-4H3/q+2. The highest BCUT2D eigenvalue weighted by atomic mass is 16.1. The Bertz CT molecular complexity index is 1480. The summed E-state index contributed by atoms with van der Waals surface area (Å²) in [6.07, 6.45) is 1.72. The second kappa shape index (κ2) is 10.2. The number of ketones is 1. The van der Waals surface area contributed by atoms with Gasteiger partial charge in [0, 0.05) is 12.8 Å². The first kappa shape index (κ1) is 27.4. The SMILES string of the molecule is C[N+]1(C)CCC(c2ccccc2)(c2ccccc2)C(=C2C(=O)C(c3ccccc3)(c3ccccc3)CC[N+]2(C)C)C1. The van der Waals surface area contributed by atoms with Crippen LogP contribution in [0.3, 0.4) is 0 Å². The third-order valence-electron chi connectivity index (χ3n) is 9.80. The van der Waals surface area contributed by atoms with Crippen molar-refractivity contribution in [3.63, 3.8) is 0 Å². The van der Waals surface area contributed by atoms with Crippen molar-refractivity contribution < 1.29 is 13.8 Å². The maximum atomic E-state index is 15.6. The first-order valence-corrected chi connectivity index (χ1v) is 14.9. The van der Waals surface area contributed by atoms with Gasteiger partial charge in [-0.05, 0) is 22.3 Å². The molecule has 0 N–H and O–H groups in total. The molecule has 2 aliphatic rings. The molecule has 2 fully saturated rings. The minimum atomic E-state index is -0.730. The highest BCUT2D eigenvalue weighted by Crippen LogP contribution is 2.52. The molecule has 41 heavy (non-hydrogen) atoms. The zero-order valence-corrected chi connectivity index (χ0v) is 24.9. The van der Waals surface area contributed by atoms with Crippen LogP contribution in [-0.2, 0) is 15.6 Å². The molecule has 6 rings (SSSR count). The molecule has 0 aliphatic carbocycles. The maximum absolute atomic E-state index is 15.6. The van der Waals surface area contributed by atoms with Gasteiger partial charge < -0.3 is 4.48 Å². The minimum Gasteiger partial charge on any atom is -0.325 e. The van der Waals surface area contributed by atoms with E-state index in [2.05, 4.69) is 137 Å². The van der Waals surface area contributed by atoms with Gasteiger partial charge in [-0.2, -0.15) is 0 Å². The number of quaternary nitrogens is 2. The first-order valence-electron chi connectivity index (χ1n) is 14.9. The highest BCUT2D eigenvalue weighted by molar-refractivity contribution is 6.06. The number of benzene rings is 4. The predicted molar refractivity (Wildman–Crippen MR) is 167 cm³/mol. The number of hydrogen-bond acceptors (Lipinski definition) is 1. The number of carbonyl (C=O) groups excluding carboxylic acids is 1. The van der Waals surface area contributed by atoms with Gasteiger partial charge in [0.05, 0.1) is 57.7 Å². The Morgan fingerprint density at radius 3 is 1.29 bits per heavy atom. The van der Waals surface area contributed by atoms with Crippen molar-refractivity contribution in [2.45, 2.75) is 23.7 Å². The van der Waals surface area contributed by atoms with Gasteiger partial charge in [-0.3, -0.25) is 9.28 Å². The van der Waals surface area contributed by atoms with Gasteiger partial charge in [-0.15, -0.1) is 0 Å². The van der Waals surface area contributed by atoms with Crippen LogP contribution in [0.5, 0.6) is 0 Å². The Morgan fingerprint density at radius 2 is 0.878 bits per heavy atom. The largest absolute Gasteiger partial charge is 0.325 e. The van der Waals surface area contributed by atoms with Gasteiger partial charge in [-0.1, -0.05) is 121 Å². The third-order valence-corrected chi connectivity index (χ3v) is 9.80. The molecule has 0 bridgehead atoms. The molecule has 4 aromatic rings. The molecule has 0 aromatic heterocycles. The van der Waals surface area contributed by atoms with Crippen molar-refractivity contribution in [2.75, 3.05) is 47.8 Å². The number of Topliss-reactive ketones (excluding diaryl/α,β-unsaturated/α-hetero) is 1. The van der Waals surface area contributed by atoms with Crippen molar-refractivity contribution in [3.8, 4) is 0 Å². The summed E-state index contributed by atoms with van der Waals surface area (Å²) >= 11 is 0. The van der Waals surface area contributed by atoms with E-state index in [1.807, 2.05) is 12.1 Å². The summed E-state index contributed by atoms with van der Waals surface area (Å²) in [5, 5.41) is 0. The lowest BCUT2D eigenvalue weighted by Gasteiger charge is -2.51. The Labute approximate surface area is 245 Å². The summed E-state index contributed by atoms with van der Waals surface area (Å²) in [7, 11) is 9.12. The van der Waals surface area contributed by atoms with E-state index in [4.69, 9.17) is 0 Å². The van der Waals surface area contributed by atoms with E-state index in [0.717, 1.165) is 53.8 Å². The van der Waals surface area contributed by atoms with Crippen LogP contribution in [0.25, 0.3) is 0 Å². The van der Waals surface area contributed by atoms with Crippen LogP contribution in [0.1, 0.15) is 35.1 Å². The van der Waals surface area contributed by atoms with Crippen LogP contribution in [-0.4, -0.2) is 62.6 Å². The average molecular weight is 543 g/mol. The number of carbonyl (C=O) groups is 1. The first-order chi connectivity index (χ1) is 19.7. The lowest BCUT2D eigenvalue weighted by atomic mass is 9.60. The lowest BCUT2D eigenvalue weighted by Crippen LogP contribution is -2.61. The predicted octanol–water partition coefficient (Wildman–Crippen LogP) is 6.74. The van der Waals surface area contributed by atoms with Crippen molar-refractivity contribution >= 4 is 5.78 Å². The summed E-state index contributed by atoms with van der Waals surface area (Å²) in [5.41, 5.74) is 5.86. The fraction of sp³-hybridized carbons (Fsp3) is 0.289. The number of likely N-dealkylation sites (N-methyl/N-ethyl adjacent to an activating group) is 2. The van der Waals surface area contributed by atoms with Gasteiger partial charge in [0.25, 0.3) is 0 Å². The van der Waals surface area contributed by atoms with Gasteiger partial charge in [0.2, 0.25) is 5.78 Å². The number of allylic oxidation sites excluding steroid dienone is 1. The van der Waals surface area contributed by atoms with Crippen LogP contribution < -0.4 is 0 Å². The van der Waals surface area contributed by atoms with Crippen LogP contribution in [0.2, 0.25) is 0 Å². The van der Waals surface area contributed by atoms with E-state index >= 15 is 4.79 Å². The summed E-state index contributed by atoms with van der Waals surface area (Å²) in [6, 6.07) is 42.9. The summed E-state index contributed by atoms with van der Waals surface area (Å²) in [4.78, 5) is 15.6. The quantitative estimate of drug-likeness (QED) is 0.206. The van der Waals surface area contributed by atoms with Gasteiger partial charge in [0.1, 0.15) is 6.54 Å². The second-order valence-electron chi connectivity index (χ2n) is 13.2. The van der Waals surface area contributed by atoms with Crippen molar-refractivity contribution in [2.24, 2.45) is 0 Å². The van der Waals surface area contributed by atoms with Crippen molar-refractivity contribution in [3.05, 3.63) is 155 Å². The monoisotopic (exact) mass is 542 g/mol. The van der Waals surface area contributed by atoms with Gasteiger partial charge >= 0.3 is 0 Å². The molecule has 4 aromatic carbocycles. The number of hydrogen-bond donors (Lipinski definition) is 0. The molecule has 208 valence electrons. The molecule has 2 saturated heterocycles. The number of piperidine rings is 2. The summed E-state index contributed by atoms with van der Waals surface area (Å²) < 4.78 is 1.44. The minimum absolute atomic E-state index is 0.249. The fourth-order valence-corrected chi connectivity index (χ4v) is 7.60. The zero-order valence-electron chi connectivity index (χ0n) is 24.9. The lowest BCUT2D eigenvalue weighted by molar-refractivity contribution is -0.892. The van der Waals surface area contributed by atoms with E-state index in [-0.39, 0.29) is 11.2 Å². The maximum Gasteiger partial charge on any atom is 0.231 e. The molecule has 0 unspecified atom stereocenters. The average Bonchev–Trinajstić information content (AvgIpc) is 2.99. The molecule has 0 atom stereocenters. The van der Waals surface area contributed by atoms with E-state index in [1.165, 1.54) is 16.7 Å². The third kappa shape index (κ3) is 4.48. The van der Waals surface area contributed by atoms with Crippen LogP contribution in [0.15, 0.2) is 133 Å². The molecule has 0 spiro atoms. The smallest absolute Gasteiger partial charge is 0.231 e. The zero-order chi connectivity index (χ0) is 28.7. The summed E-state index contributed by atoms with van der Waals surface area (Å²) in [5.74, 6) is 0.249. The second-order valence-corrected chi connectivity index (χ2v) is 13.2. The molecule has 2 aliphatic heterocycles. The van der Waals surface area contributed by atoms with Crippen molar-refractivity contribution in [1.82, 2.24) is 0 Å². The molecule has 2 heterocycles.